The summed E-state index contributed by atoms with van der Waals surface area (Å²) in [4.78, 5) is 38.5. The van der Waals surface area contributed by atoms with E-state index in [0.717, 1.165) is 28.3 Å². The van der Waals surface area contributed by atoms with Crippen molar-refractivity contribution in [2.45, 2.75) is 6.92 Å². The molecule has 0 saturated carbocycles. The second-order valence-electron chi connectivity index (χ2n) is 7.20. The van der Waals surface area contributed by atoms with Crippen LogP contribution in [-0.2, 0) is 0 Å². The molecule has 4 aromatic rings. The molecule has 34 heavy (non-hydrogen) atoms. The van der Waals surface area contributed by atoms with E-state index in [1.165, 1.54) is 18.3 Å². The number of aromatic nitrogens is 1. The maximum absolute atomic E-state index is 12.9. The van der Waals surface area contributed by atoms with Crippen molar-refractivity contribution in [2.24, 2.45) is 0 Å². The monoisotopic (exact) mass is 494 g/mol. The Morgan fingerprint density at radius 2 is 1.79 bits per heavy atom. The van der Waals surface area contributed by atoms with Crippen molar-refractivity contribution >= 4 is 45.9 Å². The van der Waals surface area contributed by atoms with Gasteiger partial charge in [0.1, 0.15) is 5.01 Å². The molecule has 0 aliphatic heterocycles. The first-order valence-corrected chi connectivity index (χ1v) is 11.1. The van der Waals surface area contributed by atoms with Crippen LogP contribution in [0.25, 0.3) is 21.8 Å². The van der Waals surface area contributed by atoms with E-state index in [1.54, 1.807) is 24.3 Å². The van der Waals surface area contributed by atoms with Gasteiger partial charge in [0.2, 0.25) is 0 Å². The summed E-state index contributed by atoms with van der Waals surface area (Å²) in [5.74, 6) is -0.698. The van der Waals surface area contributed by atoms with Crippen molar-refractivity contribution in [2.75, 3.05) is 5.32 Å². The summed E-state index contributed by atoms with van der Waals surface area (Å²) >= 11 is 7.69. The van der Waals surface area contributed by atoms with Gasteiger partial charge in [-0.3, -0.25) is 25.0 Å². The van der Waals surface area contributed by atoms with Gasteiger partial charge in [0, 0.05) is 33.8 Å². The molecule has 0 fully saturated rings. The Balaban J connectivity index is 1.63. The minimum Gasteiger partial charge on any atom is -0.322 e. The predicted octanol–water partition coefficient (Wildman–Crippen LogP) is 6.51. The molecule has 170 valence electrons. The number of amides is 1. The number of halogens is 1. The third kappa shape index (κ3) is 4.63. The molecule has 0 aliphatic rings. The Hall–Kier alpha value is -4.15. The van der Waals surface area contributed by atoms with E-state index in [4.69, 9.17) is 11.6 Å². The van der Waals surface area contributed by atoms with Crippen molar-refractivity contribution in [3.05, 3.63) is 102 Å². The number of carbonyl (C=O) groups is 1. The minimum absolute atomic E-state index is 0.0353. The van der Waals surface area contributed by atoms with Crippen LogP contribution in [0.15, 0.2) is 66.0 Å². The van der Waals surface area contributed by atoms with Gasteiger partial charge in [0.05, 0.1) is 32.2 Å². The molecular weight excluding hydrogens is 480 g/mol. The number of anilines is 1. The Bertz CT molecular complexity index is 1450. The maximum Gasteiger partial charge on any atom is 0.279 e. The summed E-state index contributed by atoms with van der Waals surface area (Å²) in [6.45, 7) is 1.37. The van der Waals surface area contributed by atoms with Crippen LogP contribution in [0.5, 0.6) is 0 Å². The van der Waals surface area contributed by atoms with Crippen LogP contribution in [0.2, 0.25) is 5.02 Å². The third-order valence-corrected chi connectivity index (χ3v) is 6.25. The van der Waals surface area contributed by atoms with E-state index in [2.05, 4.69) is 10.3 Å². The number of rotatable bonds is 6. The highest BCUT2D eigenvalue weighted by Crippen LogP contribution is 2.34. The molecule has 1 amide bonds. The lowest BCUT2D eigenvalue weighted by molar-refractivity contribution is -0.394. The molecule has 1 N–H and O–H groups in total. The summed E-state index contributed by atoms with van der Waals surface area (Å²) in [5, 5.41) is 28.3. The number of nitro groups is 2. The van der Waals surface area contributed by atoms with Crippen LogP contribution in [0, 0.1) is 27.2 Å². The first kappa shape index (κ1) is 23.0. The number of nitrogens with one attached hydrogen (secondary N) is 1. The Labute approximate surface area is 202 Å². The quantitative estimate of drug-likeness (QED) is 0.240. The molecule has 0 unspecified atom stereocenters. The molecular formula is C23H15ClN4O5S. The second kappa shape index (κ2) is 9.38. The first-order chi connectivity index (χ1) is 16.2. The van der Waals surface area contributed by atoms with Gasteiger partial charge in [-0.05, 0) is 25.1 Å². The predicted molar refractivity (Wildman–Crippen MR) is 130 cm³/mol. The molecule has 0 radical (unpaired) electrons. The number of carbonyl (C=O) groups excluding carboxylic acids is 1. The first-order valence-electron chi connectivity index (χ1n) is 9.80. The zero-order chi connectivity index (χ0) is 24.4. The van der Waals surface area contributed by atoms with Gasteiger partial charge in [-0.1, -0.05) is 41.9 Å². The molecule has 0 aliphatic carbocycles. The molecule has 0 saturated heterocycles. The fourth-order valence-electron chi connectivity index (χ4n) is 3.33. The lowest BCUT2D eigenvalue weighted by atomic mass is 10.0. The second-order valence-corrected chi connectivity index (χ2v) is 8.47. The van der Waals surface area contributed by atoms with E-state index in [9.17, 15) is 25.0 Å². The molecule has 4 rings (SSSR count). The van der Waals surface area contributed by atoms with E-state index in [1.807, 2.05) is 29.6 Å². The lowest BCUT2D eigenvalue weighted by Gasteiger charge is -2.09. The lowest BCUT2D eigenvalue weighted by Crippen LogP contribution is -2.14. The summed E-state index contributed by atoms with van der Waals surface area (Å²) in [6, 6.07) is 16.1. The van der Waals surface area contributed by atoms with Gasteiger partial charge in [-0.15, -0.1) is 11.3 Å². The van der Waals surface area contributed by atoms with Gasteiger partial charge in [0.25, 0.3) is 17.3 Å². The molecule has 0 atom stereocenters. The minimum atomic E-state index is -0.775. The average molecular weight is 495 g/mol. The van der Waals surface area contributed by atoms with E-state index in [0.29, 0.717) is 16.4 Å². The molecule has 11 heteroatoms. The fraction of sp³-hybridized carbons (Fsp3) is 0.0435. The maximum atomic E-state index is 12.9. The van der Waals surface area contributed by atoms with Gasteiger partial charge in [-0.25, -0.2) is 4.98 Å². The van der Waals surface area contributed by atoms with Gasteiger partial charge < -0.3 is 5.32 Å². The highest BCUT2D eigenvalue weighted by molar-refractivity contribution is 7.13. The Morgan fingerprint density at radius 3 is 2.50 bits per heavy atom. The van der Waals surface area contributed by atoms with E-state index in [-0.39, 0.29) is 11.1 Å². The zero-order valence-corrected chi connectivity index (χ0v) is 19.1. The number of hydrogen-bond donors (Lipinski definition) is 1. The normalized spacial score (nSPS) is 10.6. The zero-order valence-electron chi connectivity index (χ0n) is 17.5. The van der Waals surface area contributed by atoms with Crippen molar-refractivity contribution in [3.8, 4) is 21.8 Å². The fourth-order valence-corrected chi connectivity index (χ4v) is 4.48. The van der Waals surface area contributed by atoms with Crippen LogP contribution >= 0.6 is 22.9 Å². The number of non-ortho nitro benzene ring substituents is 1. The van der Waals surface area contributed by atoms with Crippen molar-refractivity contribution in [1.82, 2.24) is 4.98 Å². The van der Waals surface area contributed by atoms with Crippen molar-refractivity contribution in [3.63, 3.8) is 0 Å². The average Bonchev–Trinajstić information content (AvgIpc) is 3.29. The van der Waals surface area contributed by atoms with Crippen LogP contribution in [0.4, 0.5) is 17.1 Å². The smallest absolute Gasteiger partial charge is 0.279 e. The number of nitrogens with zero attached hydrogens (tertiary/aromatic N) is 3. The highest BCUT2D eigenvalue weighted by Gasteiger charge is 2.25. The number of nitro benzene ring substituents is 2. The van der Waals surface area contributed by atoms with Crippen molar-refractivity contribution in [1.29, 1.82) is 0 Å². The van der Waals surface area contributed by atoms with Crippen LogP contribution in [0.1, 0.15) is 15.9 Å². The van der Waals surface area contributed by atoms with Crippen LogP contribution in [-0.4, -0.2) is 20.7 Å². The Morgan fingerprint density at radius 1 is 1.03 bits per heavy atom. The molecule has 9 nitrogen and oxygen atoms in total. The number of thiazole rings is 1. The Kier molecular flexibility index (Phi) is 6.35. The van der Waals surface area contributed by atoms with Crippen molar-refractivity contribution < 1.29 is 14.6 Å². The van der Waals surface area contributed by atoms with E-state index < -0.39 is 27.1 Å². The standard InChI is InChI=1S/C23H15ClN4O5S/c1-13-18(10-16(27(30)31)11-21(13)28(32)33)22(29)25-15-6-4-5-14(9-15)20-12-34-23(26-20)17-7-2-3-8-19(17)24/h2-12H,1H3,(H,25,29). The molecule has 1 heterocycles. The van der Waals surface area contributed by atoms with Gasteiger partial charge in [0.15, 0.2) is 0 Å². The molecule has 0 bridgehead atoms. The molecule has 0 spiro atoms. The summed E-state index contributed by atoms with van der Waals surface area (Å²) < 4.78 is 0. The number of hydrogen-bond acceptors (Lipinski definition) is 7. The third-order valence-electron chi connectivity index (χ3n) is 5.04. The summed E-state index contributed by atoms with van der Waals surface area (Å²) in [7, 11) is 0. The summed E-state index contributed by atoms with van der Waals surface area (Å²) in [5.41, 5.74) is 1.48. The largest absolute Gasteiger partial charge is 0.322 e. The van der Waals surface area contributed by atoms with Crippen LogP contribution < -0.4 is 5.32 Å². The topological polar surface area (TPSA) is 128 Å². The van der Waals surface area contributed by atoms with Gasteiger partial charge in [-0.2, -0.15) is 0 Å². The van der Waals surface area contributed by atoms with Crippen LogP contribution in [0.3, 0.4) is 0 Å². The highest BCUT2D eigenvalue weighted by atomic mass is 35.5. The molecule has 3 aromatic carbocycles. The summed E-state index contributed by atoms with van der Waals surface area (Å²) in [6.07, 6.45) is 0. The van der Waals surface area contributed by atoms with E-state index >= 15 is 0 Å². The SMILES string of the molecule is Cc1c(C(=O)Nc2cccc(-c3csc(-c4ccccc4Cl)n3)c2)cc([N+](=O)[O-])cc1[N+](=O)[O-]. The molecule has 1 aromatic heterocycles. The number of benzene rings is 3. The van der Waals surface area contributed by atoms with Gasteiger partial charge >= 0.3 is 0 Å².